The summed E-state index contributed by atoms with van der Waals surface area (Å²) in [7, 11) is 5.78. The Morgan fingerprint density at radius 2 is 2.00 bits per heavy atom. The molecular formula is C13H22N2O. The molecule has 0 aliphatic carbocycles. The molecule has 0 aliphatic rings. The van der Waals surface area contributed by atoms with Gasteiger partial charge in [-0.3, -0.25) is 0 Å². The van der Waals surface area contributed by atoms with Gasteiger partial charge >= 0.3 is 0 Å². The number of benzene rings is 1. The zero-order chi connectivity index (χ0) is 12.1. The lowest BCUT2D eigenvalue weighted by atomic mass is 10.1. The van der Waals surface area contributed by atoms with Gasteiger partial charge in [0.15, 0.2) is 0 Å². The predicted octanol–water partition coefficient (Wildman–Crippen LogP) is 1.97. The fourth-order valence-corrected chi connectivity index (χ4v) is 1.73. The van der Waals surface area contributed by atoms with E-state index in [-0.39, 0.29) is 0 Å². The molecule has 0 atom stereocenters. The van der Waals surface area contributed by atoms with Crippen molar-refractivity contribution in [1.29, 1.82) is 0 Å². The standard InChI is InChI=1S/C13H22N2O/c1-10-6-7-12(13(16-5)11(10)2)15(4)9-8-14-3/h6-7,14H,8-9H2,1-5H3. The summed E-state index contributed by atoms with van der Waals surface area (Å²) in [6, 6.07) is 4.26. The van der Waals surface area contributed by atoms with Gasteiger partial charge in [-0.15, -0.1) is 0 Å². The minimum atomic E-state index is 0.965. The number of hydrogen-bond donors (Lipinski definition) is 1. The van der Waals surface area contributed by atoms with E-state index in [4.69, 9.17) is 4.74 Å². The monoisotopic (exact) mass is 222 g/mol. The van der Waals surface area contributed by atoms with Crippen molar-refractivity contribution in [2.75, 3.05) is 39.2 Å². The van der Waals surface area contributed by atoms with Crippen molar-refractivity contribution < 1.29 is 4.74 Å². The highest BCUT2D eigenvalue weighted by molar-refractivity contribution is 5.63. The van der Waals surface area contributed by atoms with Gasteiger partial charge in [0.2, 0.25) is 0 Å². The number of aryl methyl sites for hydroxylation is 1. The molecule has 1 N–H and O–H groups in total. The Bertz CT molecular complexity index is 350. The first kappa shape index (κ1) is 12.8. The molecule has 0 bridgehead atoms. The van der Waals surface area contributed by atoms with E-state index in [2.05, 4.69) is 43.2 Å². The lowest BCUT2D eigenvalue weighted by molar-refractivity contribution is 0.411. The van der Waals surface area contributed by atoms with Crippen LogP contribution in [0.1, 0.15) is 11.1 Å². The largest absolute Gasteiger partial charge is 0.494 e. The third-order valence-electron chi connectivity index (χ3n) is 2.97. The lowest BCUT2D eigenvalue weighted by Crippen LogP contribution is -2.27. The molecule has 0 heterocycles. The summed E-state index contributed by atoms with van der Waals surface area (Å²) in [5, 5.41) is 3.15. The zero-order valence-electron chi connectivity index (χ0n) is 10.9. The first-order valence-corrected chi connectivity index (χ1v) is 5.61. The van der Waals surface area contributed by atoms with Crippen LogP contribution < -0.4 is 15.0 Å². The van der Waals surface area contributed by atoms with Crippen LogP contribution in [0.3, 0.4) is 0 Å². The molecule has 3 heteroatoms. The average molecular weight is 222 g/mol. The number of likely N-dealkylation sites (N-methyl/N-ethyl adjacent to an activating group) is 2. The van der Waals surface area contributed by atoms with E-state index in [0.29, 0.717) is 0 Å². The summed E-state index contributed by atoms with van der Waals surface area (Å²) in [4.78, 5) is 2.21. The molecule has 0 unspecified atom stereocenters. The first-order valence-electron chi connectivity index (χ1n) is 5.61. The van der Waals surface area contributed by atoms with E-state index in [9.17, 15) is 0 Å². The first-order chi connectivity index (χ1) is 7.61. The topological polar surface area (TPSA) is 24.5 Å². The van der Waals surface area contributed by atoms with Crippen LogP contribution in [0.2, 0.25) is 0 Å². The molecule has 16 heavy (non-hydrogen) atoms. The quantitative estimate of drug-likeness (QED) is 0.824. The third-order valence-corrected chi connectivity index (χ3v) is 2.97. The second-order valence-corrected chi connectivity index (χ2v) is 4.08. The van der Waals surface area contributed by atoms with E-state index in [1.54, 1.807) is 7.11 Å². The van der Waals surface area contributed by atoms with Gasteiger partial charge in [-0.25, -0.2) is 0 Å². The summed E-state index contributed by atoms with van der Waals surface area (Å²) < 4.78 is 5.50. The SMILES string of the molecule is CNCCN(C)c1ccc(C)c(C)c1OC. The molecule has 90 valence electrons. The number of methoxy groups -OCH3 is 1. The number of hydrogen-bond acceptors (Lipinski definition) is 3. The molecule has 0 amide bonds. The van der Waals surface area contributed by atoms with Gasteiger partial charge in [-0.05, 0) is 38.1 Å². The van der Waals surface area contributed by atoms with Crippen LogP contribution in [0, 0.1) is 13.8 Å². The summed E-state index contributed by atoms with van der Waals surface area (Å²) in [5.74, 6) is 0.985. The van der Waals surface area contributed by atoms with Crippen molar-refractivity contribution >= 4 is 5.69 Å². The maximum Gasteiger partial charge on any atom is 0.145 e. The molecule has 0 aromatic heterocycles. The Kier molecular flexibility index (Phi) is 4.62. The predicted molar refractivity (Wildman–Crippen MR) is 69.7 cm³/mol. The number of ether oxygens (including phenoxy) is 1. The van der Waals surface area contributed by atoms with Gasteiger partial charge < -0.3 is 15.0 Å². The fourth-order valence-electron chi connectivity index (χ4n) is 1.73. The number of nitrogens with zero attached hydrogens (tertiary/aromatic N) is 1. The molecular weight excluding hydrogens is 200 g/mol. The van der Waals surface area contributed by atoms with Gasteiger partial charge in [0.1, 0.15) is 5.75 Å². The molecule has 1 aromatic rings. The minimum Gasteiger partial charge on any atom is -0.494 e. The highest BCUT2D eigenvalue weighted by atomic mass is 16.5. The van der Waals surface area contributed by atoms with Crippen LogP contribution in [0.4, 0.5) is 5.69 Å². The van der Waals surface area contributed by atoms with E-state index in [0.717, 1.165) is 24.5 Å². The highest BCUT2D eigenvalue weighted by Gasteiger charge is 2.11. The van der Waals surface area contributed by atoms with Gasteiger partial charge in [0, 0.05) is 20.1 Å². The van der Waals surface area contributed by atoms with E-state index in [1.807, 2.05) is 7.05 Å². The molecule has 0 aliphatic heterocycles. The lowest BCUT2D eigenvalue weighted by Gasteiger charge is -2.23. The van der Waals surface area contributed by atoms with Crippen LogP contribution in [0.15, 0.2) is 12.1 Å². The Balaban J connectivity index is 2.99. The Labute approximate surface area is 98.4 Å². The maximum absolute atomic E-state index is 5.50. The molecule has 0 saturated heterocycles. The third kappa shape index (κ3) is 2.67. The Morgan fingerprint density at radius 1 is 1.31 bits per heavy atom. The fraction of sp³-hybridized carbons (Fsp3) is 0.538. The van der Waals surface area contributed by atoms with E-state index in [1.165, 1.54) is 11.1 Å². The highest BCUT2D eigenvalue weighted by Crippen LogP contribution is 2.32. The second-order valence-electron chi connectivity index (χ2n) is 4.08. The number of rotatable bonds is 5. The van der Waals surface area contributed by atoms with Crippen molar-refractivity contribution in [3.63, 3.8) is 0 Å². The zero-order valence-corrected chi connectivity index (χ0v) is 10.9. The summed E-state index contributed by atoms with van der Waals surface area (Å²) in [6.45, 7) is 6.14. The summed E-state index contributed by atoms with van der Waals surface area (Å²) in [5.41, 5.74) is 3.64. The van der Waals surface area contributed by atoms with E-state index >= 15 is 0 Å². The van der Waals surface area contributed by atoms with Crippen molar-refractivity contribution in [3.8, 4) is 5.75 Å². The van der Waals surface area contributed by atoms with Crippen molar-refractivity contribution in [2.24, 2.45) is 0 Å². The van der Waals surface area contributed by atoms with Crippen molar-refractivity contribution in [1.82, 2.24) is 5.32 Å². The molecule has 0 spiro atoms. The molecule has 1 aromatic carbocycles. The van der Waals surface area contributed by atoms with Crippen LogP contribution in [-0.4, -0.2) is 34.3 Å². The molecule has 3 nitrogen and oxygen atoms in total. The normalized spacial score (nSPS) is 10.3. The van der Waals surface area contributed by atoms with Crippen molar-refractivity contribution in [3.05, 3.63) is 23.3 Å². The molecule has 1 rings (SSSR count). The summed E-state index contributed by atoms with van der Waals surface area (Å²) >= 11 is 0. The second kappa shape index (κ2) is 5.75. The smallest absolute Gasteiger partial charge is 0.145 e. The molecule has 0 saturated carbocycles. The Hall–Kier alpha value is -1.22. The number of anilines is 1. The Morgan fingerprint density at radius 3 is 2.56 bits per heavy atom. The van der Waals surface area contributed by atoms with Gasteiger partial charge in [-0.1, -0.05) is 6.07 Å². The van der Waals surface area contributed by atoms with E-state index < -0.39 is 0 Å². The van der Waals surface area contributed by atoms with Crippen LogP contribution in [0.5, 0.6) is 5.75 Å². The van der Waals surface area contributed by atoms with Gasteiger partial charge in [-0.2, -0.15) is 0 Å². The van der Waals surface area contributed by atoms with Crippen LogP contribution in [0.25, 0.3) is 0 Å². The minimum absolute atomic E-state index is 0.965. The molecule has 0 radical (unpaired) electrons. The van der Waals surface area contributed by atoms with Gasteiger partial charge in [0.25, 0.3) is 0 Å². The molecule has 0 fully saturated rings. The van der Waals surface area contributed by atoms with Gasteiger partial charge in [0.05, 0.1) is 12.8 Å². The maximum atomic E-state index is 5.50. The van der Waals surface area contributed by atoms with Crippen LogP contribution >= 0.6 is 0 Å². The van der Waals surface area contributed by atoms with Crippen LogP contribution in [-0.2, 0) is 0 Å². The average Bonchev–Trinajstić information content (AvgIpc) is 2.29. The number of nitrogens with one attached hydrogen (secondary N) is 1. The summed E-state index contributed by atoms with van der Waals surface area (Å²) in [6.07, 6.45) is 0. The van der Waals surface area contributed by atoms with Crippen molar-refractivity contribution in [2.45, 2.75) is 13.8 Å².